The van der Waals surface area contributed by atoms with Crippen molar-refractivity contribution in [3.05, 3.63) is 41.2 Å². The lowest BCUT2D eigenvalue weighted by Gasteiger charge is -2.15. The van der Waals surface area contributed by atoms with Gasteiger partial charge in [-0.3, -0.25) is 14.3 Å². The van der Waals surface area contributed by atoms with Gasteiger partial charge in [0.15, 0.2) is 0 Å². The van der Waals surface area contributed by atoms with E-state index in [1.807, 2.05) is 6.92 Å². The van der Waals surface area contributed by atoms with Crippen LogP contribution in [0.1, 0.15) is 28.2 Å². The first-order chi connectivity index (χ1) is 12.2. The second-order valence-electron chi connectivity index (χ2n) is 6.17. The topological polar surface area (TPSA) is 79.3 Å². The summed E-state index contributed by atoms with van der Waals surface area (Å²) in [7, 11) is 4.94. The fraction of sp³-hybridized carbons (Fsp3) is 0.353. The second-order valence-corrected chi connectivity index (χ2v) is 6.17. The van der Waals surface area contributed by atoms with Gasteiger partial charge in [0.25, 0.3) is 12.3 Å². The summed E-state index contributed by atoms with van der Waals surface area (Å²) in [4.78, 5) is 26.2. The zero-order chi connectivity index (χ0) is 19.4. The number of aryl methyl sites for hydroxylation is 2. The highest BCUT2D eigenvalue weighted by Crippen LogP contribution is 2.25. The monoisotopic (exact) mass is 365 g/mol. The number of anilines is 2. The van der Waals surface area contributed by atoms with Gasteiger partial charge in [0.2, 0.25) is 5.91 Å². The van der Waals surface area contributed by atoms with Crippen molar-refractivity contribution < 1.29 is 18.4 Å². The number of benzene rings is 1. The molecular weight excluding hydrogens is 344 g/mol. The van der Waals surface area contributed by atoms with E-state index in [9.17, 15) is 18.4 Å². The molecule has 26 heavy (non-hydrogen) atoms. The van der Waals surface area contributed by atoms with Crippen molar-refractivity contribution in [2.75, 3.05) is 31.3 Å². The maximum atomic E-state index is 12.8. The number of hydrogen-bond acceptors (Lipinski definition) is 4. The van der Waals surface area contributed by atoms with Crippen molar-refractivity contribution in [2.45, 2.75) is 13.3 Å². The minimum atomic E-state index is -2.76. The molecule has 0 unspecified atom stereocenters. The molecule has 1 aromatic heterocycles. The Morgan fingerprint density at radius 1 is 1.19 bits per heavy atom. The van der Waals surface area contributed by atoms with Gasteiger partial charge in [0.05, 0.1) is 17.9 Å². The molecule has 7 nitrogen and oxygen atoms in total. The van der Waals surface area contributed by atoms with E-state index in [4.69, 9.17) is 0 Å². The number of aromatic nitrogens is 2. The zero-order valence-corrected chi connectivity index (χ0v) is 15.0. The maximum absolute atomic E-state index is 12.8. The van der Waals surface area contributed by atoms with E-state index in [0.717, 1.165) is 16.3 Å². The fourth-order valence-electron chi connectivity index (χ4n) is 2.34. The summed E-state index contributed by atoms with van der Waals surface area (Å²) in [6.45, 7) is 2.01. The number of nitrogens with one attached hydrogen (secondary N) is 2. The second kappa shape index (κ2) is 8.05. The molecule has 2 rings (SSSR count). The van der Waals surface area contributed by atoms with Crippen LogP contribution in [0.4, 0.5) is 20.2 Å². The van der Waals surface area contributed by atoms with Gasteiger partial charge >= 0.3 is 0 Å². The van der Waals surface area contributed by atoms with Crippen molar-refractivity contribution in [3.8, 4) is 0 Å². The third-order valence-corrected chi connectivity index (χ3v) is 3.51. The minimum absolute atomic E-state index is 0.00706. The molecule has 0 bridgehead atoms. The van der Waals surface area contributed by atoms with E-state index in [2.05, 4.69) is 15.7 Å². The summed E-state index contributed by atoms with van der Waals surface area (Å²) in [6, 6.07) is 6.19. The van der Waals surface area contributed by atoms with E-state index in [0.29, 0.717) is 11.4 Å². The Morgan fingerprint density at radius 3 is 2.46 bits per heavy atom. The van der Waals surface area contributed by atoms with Crippen LogP contribution in [0.15, 0.2) is 24.3 Å². The smallest absolute Gasteiger partial charge is 0.282 e. The lowest BCUT2D eigenvalue weighted by Crippen LogP contribution is -2.27. The SMILES string of the molecule is Cc1ccc(NC(=O)CN(C)C)c(NC(=O)c2cc(C(F)F)nn2C)c1. The molecule has 2 N–H and O–H groups in total. The molecule has 140 valence electrons. The number of carbonyl (C=O) groups is 2. The molecule has 0 radical (unpaired) electrons. The van der Waals surface area contributed by atoms with Crippen molar-refractivity contribution in [3.63, 3.8) is 0 Å². The number of likely N-dealkylation sites (N-methyl/N-ethyl adjacent to an activating group) is 1. The molecule has 0 aliphatic rings. The number of alkyl halides is 2. The highest BCUT2D eigenvalue weighted by Gasteiger charge is 2.19. The third-order valence-electron chi connectivity index (χ3n) is 3.51. The molecular formula is C17H21F2N5O2. The van der Waals surface area contributed by atoms with E-state index < -0.39 is 18.0 Å². The maximum Gasteiger partial charge on any atom is 0.282 e. The van der Waals surface area contributed by atoms with Crippen molar-refractivity contribution in [2.24, 2.45) is 7.05 Å². The quantitative estimate of drug-likeness (QED) is 0.824. The highest BCUT2D eigenvalue weighted by molar-refractivity contribution is 6.06. The molecule has 1 heterocycles. The lowest BCUT2D eigenvalue weighted by atomic mass is 10.2. The number of rotatable bonds is 6. The largest absolute Gasteiger partial charge is 0.323 e. The Labute approximate surface area is 150 Å². The van der Waals surface area contributed by atoms with Gasteiger partial charge in [-0.25, -0.2) is 8.78 Å². The fourth-order valence-corrected chi connectivity index (χ4v) is 2.34. The van der Waals surface area contributed by atoms with Crippen molar-refractivity contribution in [1.82, 2.24) is 14.7 Å². The summed E-state index contributed by atoms with van der Waals surface area (Å²) in [5.74, 6) is -0.838. The first-order valence-corrected chi connectivity index (χ1v) is 7.86. The van der Waals surface area contributed by atoms with Gasteiger partial charge in [0.1, 0.15) is 11.4 Å². The van der Waals surface area contributed by atoms with E-state index in [1.54, 1.807) is 37.2 Å². The van der Waals surface area contributed by atoms with E-state index in [1.165, 1.54) is 7.05 Å². The zero-order valence-electron chi connectivity index (χ0n) is 15.0. The average molecular weight is 365 g/mol. The van der Waals surface area contributed by atoms with Gasteiger partial charge in [-0.1, -0.05) is 6.07 Å². The lowest BCUT2D eigenvalue weighted by molar-refractivity contribution is -0.116. The number of hydrogen-bond donors (Lipinski definition) is 2. The standard InChI is InChI=1S/C17H21F2N5O2/c1-10-5-6-11(20-15(25)9-23(2)3)12(7-10)21-17(26)14-8-13(16(18)19)22-24(14)4/h5-8,16H,9H2,1-4H3,(H,20,25)(H,21,26). The van der Waals surface area contributed by atoms with Crippen LogP contribution in [-0.2, 0) is 11.8 Å². The van der Waals surface area contributed by atoms with Gasteiger partial charge in [-0.15, -0.1) is 0 Å². The normalized spacial score (nSPS) is 11.1. The van der Waals surface area contributed by atoms with Crippen LogP contribution in [0.25, 0.3) is 0 Å². The predicted octanol–water partition coefficient (Wildman–Crippen LogP) is 2.42. The van der Waals surface area contributed by atoms with E-state index in [-0.39, 0.29) is 18.1 Å². The molecule has 0 atom stereocenters. The van der Waals surface area contributed by atoms with Crippen LogP contribution in [0.3, 0.4) is 0 Å². The van der Waals surface area contributed by atoms with Crippen LogP contribution in [0.5, 0.6) is 0 Å². The number of nitrogens with zero attached hydrogens (tertiary/aromatic N) is 3. The first-order valence-electron chi connectivity index (χ1n) is 7.86. The number of carbonyl (C=O) groups excluding carboxylic acids is 2. The summed E-state index contributed by atoms with van der Waals surface area (Å²) < 4.78 is 26.6. The summed E-state index contributed by atoms with van der Waals surface area (Å²) in [5, 5.41) is 9.00. The predicted molar refractivity (Wildman–Crippen MR) is 94.5 cm³/mol. The molecule has 0 saturated carbocycles. The molecule has 9 heteroatoms. The molecule has 0 saturated heterocycles. The van der Waals surface area contributed by atoms with Gasteiger partial charge < -0.3 is 15.5 Å². The summed E-state index contributed by atoms with van der Waals surface area (Å²) >= 11 is 0. The molecule has 0 aliphatic carbocycles. The van der Waals surface area contributed by atoms with Crippen LogP contribution in [0, 0.1) is 6.92 Å². The average Bonchev–Trinajstić information content (AvgIpc) is 2.91. The minimum Gasteiger partial charge on any atom is -0.323 e. The Hall–Kier alpha value is -2.81. The highest BCUT2D eigenvalue weighted by atomic mass is 19.3. The first kappa shape index (κ1) is 19.5. The Balaban J connectivity index is 2.24. The van der Waals surface area contributed by atoms with Crippen molar-refractivity contribution >= 4 is 23.2 Å². The summed E-state index contributed by atoms with van der Waals surface area (Å²) in [6.07, 6.45) is -2.76. The van der Waals surface area contributed by atoms with Gasteiger partial charge in [-0.2, -0.15) is 5.10 Å². The molecule has 2 amide bonds. The Bertz CT molecular complexity index is 817. The van der Waals surface area contributed by atoms with E-state index >= 15 is 0 Å². The molecule has 0 fully saturated rings. The number of halogens is 2. The Morgan fingerprint density at radius 2 is 1.88 bits per heavy atom. The van der Waals surface area contributed by atoms with Gasteiger partial charge in [-0.05, 0) is 44.8 Å². The Kier molecular flexibility index (Phi) is 6.04. The van der Waals surface area contributed by atoms with Crippen LogP contribution >= 0.6 is 0 Å². The third kappa shape index (κ3) is 4.85. The summed E-state index contributed by atoms with van der Waals surface area (Å²) in [5.41, 5.74) is 1.19. The number of amides is 2. The van der Waals surface area contributed by atoms with Crippen LogP contribution < -0.4 is 10.6 Å². The van der Waals surface area contributed by atoms with Crippen LogP contribution in [-0.4, -0.2) is 47.1 Å². The molecule has 1 aromatic carbocycles. The molecule has 2 aromatic rings. The van der Waals surface area contributed by atoms with Crippen molar-refractivity contribution in [1.29, 1.82) is 0 Å². The van der Waals surface area contributed by atoms with Gasteiger partial charge in [0, 0.05) is 7.05 Å². The molecule has 0 spiro atoms. The molecule has 0 aliphatic heterocycles. The van der Waals surface area contributed by atoms with Crippen LogP contribution in [0.2, 0.25) is 0 Å².